The Morgan fingerprint density at radius 3 is 2.83 bits per heavy atom. The molecule has 2 aromatic rings. The van der Waals surface area contributed by atoms with Crippen LogP contribution in [0.15, 0.2) is 41.8 Å². The fourth-order valence-electron chi connectivity index (χ4n) is 3.00. The van der Waals surface area contributed by atoms with Crippen molar-refractivity contribution in [1.82, 2.24) is 10.2 Å². The van der Waals surface area contributed by atoms with E-state index < -0.39 is 0 Å². The van der Waals surface area contributed by atoms with Crippen molar-refractivity contribution in [3.63, 3.8) is 0 Å². The van der Waals surface area contributed by atoms with E-state index in [9.17, 15) is 4.79 Å². The summed E-state index contributed by atoms with van der Waals surface area (Å²) in [4.78, 5) is 16.2. The fraction of sp³-hybridized carbons (Fsp3) is 0.389. The maximum atomic E-state index is 12.4. The summed E-state index contributed by atoms with van der Waals surface area (Å²) in [5, 5.41) is 5.19. The molecule has 1 aromatic heterocycles. The van der Waals surface area contributed by atoms with Crippen LogP contribution in [0.2, 0.25) is 0 Å². The van der Waals surface area contributed by atoms with Crippen LogP contribution in [0, 0.1) is 0 Å². The standard InChI is InChI=1S/C18H22N2O2S/c1-22-15-7-4-6-14(12-15)18(21)19-13-16(17-8-5-11-23-17)20-9-2-3-10-20/h4-8,11-12,16H,2-3,9-10,13H2,1H3,(H,19,21)/t16-/m0/s1. The predicted molar refractivity (Wildman–Crippen MR) is 93.2 cm³/mol. The van der Waals surface area contributed by atoms with Crippen LogP contribution in [-0.4, -0.2) is 37.6 Å². The van der Waals surface area contributed by atoms with Crippen LogP contribution in [0.4, 0.5) is 0 Å². The highest BCUT2D eigenvalue weighted by Crippen LogP contribution is 2.28. The molecule has 5 heteroatoms. The van der Waals surface area contributed by atoms with E-state index in [4.69, 9.17) is 4.74 Å². The molecular weight excluding hydrogens is 308 g/mol. The summed E-state index contributed by atoms with van der Waals surface area (Å²) in [6, 6.07) is 11.8. The minimum atomic E-state index is -0.0512. The molecule has 2 heterocycles. The summed E-state index contributed by atoms with van der Waals surface area (Å²) in [5.74, 6) is 0.650. The number of thiophene rings is 1. The first-order valence-corrected chi connectivity index (χ1v) is 8.85. The number of carbonyl (C=O) groups is 1. The van der Waals surface area contributed by atoms with E-state index in [1.165, 1.54) is 17.7 Å². The molecule has 1 N–H and O–H groups in total. The second-order valence-electron chi connectivity index (χ2n) is 5.72. The number of carbonyl (C=O) groups excluding carboxylic acids is 1. The van der Waals surface area contributed by atoms with Gasteiger partial charge in [-0.15, -0.1) is 11.3 Å². The molecule has 0 spiro atoms. The Morgan fingerprint density at radius 2 is 2.13 bits per heavy atom. The topological polar surface area (TPSA) is 41.6 Å². The second-order valence-corrected chi connectivity index (χ2v) is 6.70. The van der Waals surface area contributed by atoms with Gasteiger partial charge in [0.1, 0.15) is 5.75 Å². The van der Waals surface area contributed by atoms with Crippen LogP contribution in [0.25, 0.3) is 0 Å². The van der Waals surface area contributed by atoms with Gasteiger partial charge in [0.15, 0.2) is 0 Å². The molecule has 23 heavy (non-hydrogen) atoms. The Bertz CT molecular complexity index is 636. The molecule has 1 aliphatic heterocycles. The van der Waals surface area contributed by atoms with Crippen molar-refractivity contribution < 1.29 is 9.53 Å². The lowest BCUT2D eigenvalue weighted by Crippen LogP contribution is -2.36. The third kappa shape index (κ3) is 3.92. The molecule has 1 saturated heterocycles. The molecule has 1 aromatic carbocycles. The monoisotopic (exact) mass is 330 g/mol. The molecule has 0 bridgehead atoms. The highest BCUT2D eigenvalue weighted by molar-refractivity contribution is 7.10. The van der Waals surface area contributed by atoms with E-state index in [1.807, 2.05) is 18.2 Å². The van der Waals surface area contributed by atoms with Gasteiger partial charge in [-0.05, 0) is 55.6 Å². The number of amides is 1. The quantitative estimate of drug-likeness (QED) is 0.883. The summed E-state index contributed by atoms with van der Waals surface area (Å²) >= 11 is 1.76. The molecule has 0 radical (unpaired) electrons. The first kappa shape index (κ1) is 16.0. The SMILES string of the molecule is COc1cccc(C(=O)NC[C@@H](c2cccs2)N2CCCC2)c1. The van der Waals surface area contributed by atoms with Crippen LogP contribution in [-0.2, 0) is 0 Å². The maximum absolute atomic E-state index is 12.4. The normalized spacial score (nSPS) is 16.2. The van der Waals surface area contributed by atoms with Crippen LogP contribution in [0.3, 0.4) is 0 Å². The van der Waals surface area contributed by atoms with E-state index >= 15 is 0 Å². The van der Waals surface area contributed by atoms with Crippen LogP contribution in [0.1, 0.15) is 34.1 Å². The smallest absolute Gasteiger partial charge is 0.251 e. The van der Waals surface area contributed by atoms with E-state index in [0.717, 1.165) is 13.1 Å². The third-order valence-corrected chi connectivity index (χ3v) is 5.21. The average molecular weight is 330 g/mol. The second kappa shape index (κ2) is 7.62. The van der Waals surface area contributed by atoms with Crippen molar-refractivity contribution in [1.29, 1.82) is 0 Å². The molecule has 0 aliphatic carbocycles. The van der Waals surface area contributed by atoms with Gasteiger partial charge in [0.2, 0.25) is 0 Å². The van der Waals surface area contributed by atoms with Gasteiger partial charge in [0.05, 0.1) is 13.2 Å². The number of benzene rings is 1. The van der Waals surface area contributed by atoms with Crippen LogP contribution < -0.4 is 10.1 Å². The number of likely N-dealkylation sites (tertiary alicyclic amines) is 1. The number of nitrogens with zero attached hydrogens (tertiary/aromatic N) is 1. The molecule has 0 saturated carbocycles. The van der Waals surface area contributed by atoms with Gasteiger partial charge in [0, 0.05) is 17.0 Å². The van der Waals surface area contributed by atoms with E-state index in [0.29, 0.717) is 17.9 Å². The number of rotatable bonds is 6. The summed E-state index contributed by atoms with van der Waals surface area (Å²) in [6.07, 6.45) is 2.48. The molecule has 1 atom stereocenters. The Labute approximate surface area is 141 Å². The lowest BCUT2D eigenvalue weighted by molar-refractivity contribution is 0.0938. The van der Waals surface area contributed by atoms with Gasteiger partial charge in [0.25, 0.3) is 5.91 Å². The van der Waals surface area contributed by atoms with E-state index in [2.05, 4.69) is 27.7 Å². The summed E-state index contributed by atoms with van der Waals surface area (Å²) in [5.41, 5.74) is 0.635. The van der Waals surface area contributed by atoms with Crippen molar-refractivity contribution in [2.45, 2.75) is 18.9 Å². The lowest BCUT2D eigenvalue weighted by atomic mass is 10.1. The number of hydrogen-bond acceptors (Lipinski definition) is 4. The molecular formula is C18H22N2O2S. The number of hydrogen-bond donors (Lipinski definition) is 1. The molecule has 1 aliphatic rings. The lowest BCUT2D eigenvalue weighted by Gasteiger charge is -2.27. The minimum absolute atomic E-state index is 0.0512. The molecule has 3 rings (SSSR count). The molecule has 122 valence electrons. The van der Waals surface area contributed by atoms with Gasteiger partial charge in [-0.1, -0.05) is 12.1 Å². The highest BCUT2D eigenvalue weighted by Gasteiger charge is 2.24. The Kier molecular flexibility index (Phi) is 5.31. The third-order valence-electron chi connectivity index (χ3n) is 4.24. The van der Waals surface area contributed by atoms with E-state index in [1.54, 1.807) is 24.5 Å². The zero-order chi connectivity index (χ0) is 16.1. The van der Waals surface area contributed by atoms with Crippen LogP contribution >= 0.6 is 11.3 Å². The van der Waals surface area contributed by atoms with Gasteiger partial charge < -0.3 is 10.1 Å². The Morgan fingerprint density at radius 1 is 1.30 bits per heavy atom. The first-order chi connectivity index (χ1) is 11.3. The predicted octanol–water partition coefficient (Wildman–Crippen LogP) is 3.32. The molecule has 1 fully saturated rings. The molecule has 4 nitrogen and oxygen atoms in total. The molecule has 0 unspecified atom stereocenters. The number of nitrogens with one attached hydrogen (secondary N) is 1. The Hall–Kier alpha value is -1.85. The van der Waals surface area contributed by atoms with Gasteiger partial charge in [-0.3, -0.25) is 9.69 Å². The van der Waals surface area contributed by atoms with Crippen LogP contribution in [0.5, 0.6) is 5.75 Å². The first-order valence-electron chi connectivity index (χ1n) is 7.97. The van der Waals surface area contributed by atoms with Crippen molar-refractivity contribution in [2.75, 3.05) is 26.7 Å². The van der Waals surface area contributed by atoms with Crippen molar-refractivity contribution in [2.24, 2.45) is 0 Å². The van der Waals surface area contributed by atoms with E-state index in [-0.39, 0.29) is 11.9 Å². The average Bonchev–Trinajstić information content (AvgIpc) is 3.29. The maximum Gasteiger partial charge on any atom is 0.251 e. The minimum Gasteiger partial charge on any atom is -0.497 e. The largest absolute Gasteiger partial charge is 0.497 e. The van der Waals surface area contributed by atoms with Gasteiger partial charge >= 0.3 is 0 Å². The Balaban J connectivity index is 1.67. The van der Waals surface area contributed by atoms with Gasteiger partial charge in [-0.2, -0.15) is 0 Å². The van der Waals surface area contributed by atoms with Gasteiger partial charge in [-0.25, -0.2) is 0 Å². The summed E-state index contributed by atoms with van der Waals surface area (Å²) < 4.78 is 5.18. The number of ether oxygens (including phenoxy) is 1. The highest BCUT2D eigenvalue weighted by atomic mass is 32.1. The fourth-order valence-corrected chi connectivity index (χ4v) is 3.86. The zero-order valence-corrected chi connectivity index (χ0v) is 14.1. The van der Waals surface area contributed by atoms with Crippen molar-refractivity contribution in [3.05, 3.63) is 52.2 Å². The van der Waals surface area contributed by atoms with Crippen molar-refractivity contribution in [3.8, 4) is 5.75 Å². The molecule has 1 amide bonds. The zero-order valence-electron chi connectivity index (χ0n) is 13.3. The summed E-state index contributed by atoms with van der Waals surface area (Å²) in [6.45, 7) is 2.85. The number of methoxy groups -OCH3 is 1. The summed E-state index contributed by atoms with van der Waals surface area (Å²) in [7, 11) is 1.61. The van der Waals surface area contributed by atoms with Crippen molar-refractivity contribution >= 4 is 17.2 Å².